The first kappa shape index (κ1) is 16.0. The van der Waals surface area contributed by atoms with Gasteiger partial charge in [-0.2, -0.15) is 0 Å². The molecule has 2 saturated carbocycles. The summed E-state index contributed by atoms with van der Waals surface area (Å²) in [6.07, 6.45) is 7.86. The molecule has 1 aliphatic heterocycles. The quantitative estimate of drug-likeness (QED) is 0.848. The van der Waals surface area contributed by atoms with Crippen molar-refractivity contribution in [3.63, 3.8) is 0 Å². The van der Waals surface area contributed by atoms with Crippen molar-refractivity contribution in [1.29, 1.82) is 0 Å². The van der Waals surface area contributed by atoms with Gasteiger partial charge in [-0.25, -0.2) is 4.39 Å². The molecule has 5 rings (SSSR count). The third-order valence-corrected chi connectivity index (χ3v) is 6.50. The van der Waals surface area contributed by atoms with Crippen molar-refractivity contribution in [3.8, 4) is 0 Å². The predicted molar refractivity (Wildman–Crippen MR) is 94.0 cm³/mol. The average Bonchev–Trinajstić information content (AvgIpc) is 3.19. The summed E-state index contributed by atoms with van der Waals surface area (Å²) in [5, 5.41) is 8.60. The van der Waals surface area contributed by atoms with Crippen LogP contribution in [0.15, 0.2) is 30.6 Å². The molecule has 0 bridgehead atoms. The predicted octanol–water partition coefficient (Wildman–Crippen LogP) is 3.09. The highest BCUT2D eigenvalue weighted by atomic mass is 19.1. The fraction of sp³-hybridized carbons (Fsp3) is 0.550. The molecule has 2 aliphatic carbocycles. The lowest BCUT2D eigenvalue weighted by Crippen LogP contribution is -2.38. The number of aromatic nitrogens is 3. The smallest absolute Gasteiger partial charge is 0.227 e. The summed E-state index contributed by atoms with van der Waals surface area (Å²) in [6, 6.07) is 7.10. The Kier molecular flexibility index (Phi) is 3.62. The van der Waals surface area contributed by atoms with Gasteiger partial charge in [0.2, 0.25) is 5.91 Å². The second-order valence-electron chi connectivity index (χ2n) is 8.14. The molecule has 136 valence electrons. The van der Waals surface area contributed by atoms with E-state index in [1.807, 2.05) is 11.2 Å². The van der Waals surface area contributed by atoms with Crippen molar-refractivity contribution >= 4 is 5.91 Å². The van der Waals surface area contributed by atoms with Crippen LogP contribution in [0.5, 0.6) is 0 Å². The van der Waals surface area contributed by atoms with Crippen LogP contribution in [0.25, 0.3) is 0 Å². The van der Waals surface area contributed by atoms with Crippen molar-refractivity contribution in [3.05, 3.63) is 47.8 Å². The van der Waals surface area contributed by atoms with Crippen molar-refractivity contribution in [2.45, 2.75) is 50.5 Å². The standard InChI is InChI=1S/C20H23FN4O/c21-17-5-2-1-4-14(17)10-18(26)24-11-16(20(12-24)8-3-9-20)19-23-22-13-25(19)15-6-7-15/h1-2,4-5,13,15-16H,3,6-12H2. The molecule has 3 fully saturated rings. The number of carbonyl (C=O) groups is 1. The van der Waals surface area contributed by atoms with Gasteiger partial charge in [-0.3, -0.25) is 4.79 Å². The Morgan fingerprint density at radius 3 is 2.77 bits per heavy atom. The Bertz CT molecular complexity index is 840. The highest BCUT2D eigenvalue weighted by Gasteiger charge is 2.54. The maximum Gasteiger partial charge on any atom is 0.227 e. The van der Waals surface area contributed by atoms with Gasteiger partial charge in [0, 0.05) is 25.0 Å². The zero-order valence-corrected chi connectivity index (χ0v) is 14.8. The summed E-state index contributed by atoms with van der Waals surface area (Å²) in [5.74, 6) is 1.02. The molecule has 3 aliphatic rings. The Morgan fingerprint density at radius 1 is 1.27 bits per heavy atom. The molecule has 1 amide bonds. The molecule has 2 aromatic rings. The number of nitrogens with zero attached hydrogens (tertiary/aromatic N) is 4. The van der Waals surface area contributed by atoms with Crippen molar-refractivity contribution in [2.75, 3.05) is 13.1 Å². The number of likely N-dealkylation sites (tertiary alicyclic amines) is 1. The zero-order chi connectivity index (χ0) is 17.7. The van der Waals surface area contributed by atoms with E-state index in [4.69, 9.17) is 0 Å². The number of rotatable bonds is 4. The summed E-state index contributed by atoms with van der Waals surface area (Å²) in [5.41, 5.74) is 0.620. The minimum absolute atomic E-state index is 0.0152. The Morgan fingerprint density at radius 2 is 2.08 bits per heavy atom. The van der Waals surface area contributed by atoms with Crippen molar-refractivity contribution in [2.24, 2.45) is 5.41 Å². The van der Waals surface area contributed by atoms with Crippen LogP contribution in [-0.2, 0) is 11.2 Å². The van der Waals surface area contributed by atoms with E-state index in [0.29, 0.717) is 18.2 Å². The lowest BCUT2D eigenvalue weighted by Gasteiger charge is -2.42. The van der Waals surface area contributed by atoms with E-state index in [9.17, 15) is 9.18 Å². The minimum Gasteiger partial charge on any atom is -0.341 e. The molecule has 2 heterocycles. The van der Waals surface area contributed by atoms with Gasteiger partial charge in [0.05, 0.1) is 6.42 Å². The topological polar surface area (TPSA) is 51.0 Å². The molecule has 5 nitrogen and oxygen atoms in total. The van der Waals surface area contributed by atoms with Crippen LogP contribution in [0, 0.1) is 11.2 Å². The van der Waals surface area contributed by atoms with Gasteiger partial charge < -0.3 is 9.47 Å². The molecule has 0 radical (unpaired) electrons. The Labute approximate surface area is 152 Å². The van der Waals surface area contributed by atoms with Crippen LogP contribution in [-0.4, -0.2) is 38.7 Å². The molecule has 0 N–H and O–H groups in total. The van der Waals surface area contributed by atoms with E-state index in [2.05, 4.69) is 14.8 Å². The summed E-state index contributed by atoms with van der Waals surface area (Å²) in [7, 11) is 0. The number of amides is 1. The van der Waals surface area contributed by atoms with E-state index in [1.54, 1.807) is 18.2 Å². The van der Waals surface area contributed by atoms with Crippen LogP contribution in [0.1, 0.15) is 55.5 Å². The van der Waals surface area contributed by atoms with E-state index in [0.717, 1.165) is 25.2 Å². The van der Waals surface area contributed by atoms with Crippen LogP contribution < -0.4 is 0 Å². The van der Waals surface area contributed by atoms with Crippen LogP contribution in [0.4, 0.5) is 4.39 Å². The van der Waals surface area contributed by atoms with E-state index in [-0.39, 0.29) is 29.5 Å². The first-order valence-electron chi connectivity index (χ1n) is 9.57. The van der Waals surface area contributed by atoms with Crippen molar-refractivity contribution in [1.82, 2.24) is 19.7 Å². The Hall–Kier alpha value is -2.24. The average molecular weight is 354 g/mol. The minimum atomic E-state index is -0.302. The second kappa shape index (κ2) is 5.89. The molecule has 1 unspecified atom stereocenters. The fourth-order valence-corrected chi connectivity index (χ4v) is 4.70. The number of hydrogen-bond donors (Lipinski definition) is 0. The fourth-order valence-electron chi connectivity index (χ4n) is 4.70. The van der Waals surface area contributed by atoms with Gasteiger partial charge in [0.1, 0.15) is 18.0 Å². The lowest BCUT2D eigenvalue weighted by atomic mass is 9.62. The maximum absolute atomic E-state index is 13.9. The third-order valence-electron chi connectivity index (χ3n) is 6.50. The molecule has 1 spiro atoms. The van der Waals surface area contributed by atoms with Gasteiger partial charge in [0.25, 0.3) is 0 Å². The van der Waals surface area contributed by atoms with E-state index >= 15 is 0 Å². The second-order valence-corrected chi connectivity index (χ2v) is 8.14. The maximum atomic E-state index is 13.9. The van der Waals surface area contributed by atoms with E-state index < -0.39 is 0 Å². The number of benzene rings is 1. The number of halogens is 1. The lowest BCUT2D eigenvalue weighted by molar-refractivity contribution is -0.130. The highest BCUT2D eigenvalue weighted by molar-refractivity contribution is 5.79. The van der Waals surface area contributed by atoms with Crippen LogP contribution in [0.2, 0.25) is 0 Å². The van der Waals surface area contributed by atoms with E-state index in [1.165, 1.54) is 25.3 Å². The summed E-state index contributed by atoms with van der Waals surface area (Å²) in [4.78, 5) is 14.8. The van der Waals surface area contributed by atoms with Gasteiger partial charge in [0.15, 0.2) is 0 Å². The first-order chi connectivity index (χ1) is 12.7. The summed E-state index contributed by atoms with van der Waals surface area (Å²) >= 11 is 0. The van der Waals surface area contributed by atoms with Gasteiger partial charge >= 0.3 is 0 Å². The summed E-state index contributed by atoms with van der Waals surface area (Å²) < 4.78 is 16.2. The monoisotopic (exact) mass is 354 g/mol. The zero-order valence-electron chi connectivity index (χ0n) is 14.8. The van der Waals surface area contributed by atoms with Crippen LogP contribution in [0.3, 0.4) is 0 Å². The largest absolute Gasteiger partial charge is 0.341 e. The highest BCUT2D eigenvalue weighted by Crippen LogP contribution is 2.56. The third kappa shape index (κ3) is 2.54. The molecule has 1 aromatic carbocycles. The molecule has 1 aromatic heterocycles. The molecular formula is C20H23FN4O. The van der Waals surface area contributed by atoms with Crippen molar-refractivity contribution < 1.29 is 9.18 Å². The van der Waals surface area contributed by atoms with Gasteiger partial charge in [-0.15, -0.1) is 10.2 Å². The van der Waals surface area contributed by atoms with Crippen LogP contribution >= 0.6 is 0 Å². The first-order valence-corrected chi connectivity index (χ1v) is 9.57. The SMILES string of the molecule is O=C(Cc1ccccc1F)N1CC(c2nncn2C2CC2)C2(CCC2)C1. The van der Waals surface area contributed by atoms with Gasteiger partial charge in [-0.05, 0) is 42.7 Å². The molecular weight excluding hydrogens is 331 g/mol. The molecule has 26 heavy (non-hydrogen) atoms. The molecule has 6 heteroatoms. The number of carbonyl (C=O) groups excluding carboxylic acids is 1. The normalized spacial score (nSPS) is 24.0. The van der Waals surface area contributed by atoms with Gasteiger partial charge in [-0.1, -0.05) is 24.6 Å². The summed E-state index contributed by atoms with van der Waals surface area (Å²) in [6.45, 7) is 1.45. The molecule has 1 atom stereocenters. The Balaban J connectivity index is 1.38. The molecule has 1 saturated heterocycles. The number of hydrogen-bond acceptors (Lipinski definition) is 3.